The highest BCUT2D eigenvalue weighted by atomic mass is 16.1. The highest BCUT2D eigenvalue weighted by molar-refractivity contribution is 5.53. The SMILES string of the molecule is O=CCC#CCN1Cc2ccccc2C1. The van der Waals surface area contributed by atoms with Gasteiger partial charge < -0.3 is 4.79 Å². The zero-order valence-corrected chi connectivity index (χ0v) is 8.57. The number of aldehydes is 1. The molecule has 0 atom stereocenters. The topological polar surface area (TPSA) is 20.3 Å². The van der Waals surface area contributed by atoms with Crippen LogP contribution in [-0.2, 0) is 17.9 Å². The van der Waals surface area contributed by atoms with Crippen molar-refractivity contribution in [1.82, 2.24) is 4.90 Å². The van der Waals surface area contributed by atoms with Crippen molar-refractivity contribution in [2.75, 3.05) is 6.54 Å². The smallest absolute Gasteiger partial charge is 0.131 e. The second-order valence-corrected chi connectivity index (χ2v) is 3.64. The molecule has 1 aliphatic heterocycles. The van der Waals surface area contributed by atoms with E-state index in [0.717, 1.165) is 25.9 Å². The average molecular weight is 199 g/mol. The molecule has 0 spiro atoms. The Kier molecular flexibility index (Phi) is 3.16. The van der Waals surface area contributed by atoms with Crippen molar-refractivity contribution < 1.29 is 4.79 Å². The largest absolute Gasteiger partial charge is 0.302 e. The van der Waals surface area contributed by atoms with Crippen LogP contribution in [0.25, 0.3) is 0 Å². The summed E-state index contributed by atoms with van der Waals surface area (Å²) in [6, 6.07) is 8.46. The summed E-state index contributed by atoms with van der Waals surface area (Å²) in [6.07, 6.45) is 1.19. The van der Waals surface area contributed by atoms with Crippen LogP contribution in [0.3, 0.4) is 0 Å². The van der Waals surface area contributed by atoms with E-state index in [1.807, 2.05) is 0 Å². The minimum absolute atomic E-state index is 0.348. The van der Waals surface area contributed by atoms with E-state index in [9.17, 15) is 4.79 Å². The second kappa shape index (κ2) is 4.77. The summed E-state index contributed by atoms with van der Waals surface area (Å²) in [5, 5.41) is 0. The molecule has 0 radical (unpaired) electrons. The predicted molar refractivity (Wildman–Crippen MR) is 59.0 cm³/mol. The Balaban J connectivity index is 1.91. The van der Waals surface area contributed by atoms with Crippen LogP contribution in [0.15, 0.2) is 24.3 Å². The van der Waals surface area contributed by atoms with Crippen LogP contribution < -0.4 is 0 Å². The fourth-order valence-corrected chi connectivity index (χ4v) is 1.80. The fraction of sp³-hybridized carbons (Fsp3) is 0.308. The zero-order valence-electron chi connectivity index (χ0n) is 8.57. The van der Waals surface area contributed by atoms with Gasteiger partial charge in [0.15, 0.2) is 0 Å². The molecule has 1 heterocycles. The summed E-state index contributed by atoms with van der Waals surface area (Å²) in [7, 11) is 0. The van der Waals surface area contributed by atoms with E-state index in [1.165, 1.54) is 11.1 Å². The third-order valence-electron chi connectivity index (χ3n) is 2.52. The molecule has 0 unspecified atom stereocenters. The Labute approximate surface area is 89.9 Å². The number of hydrogen-bond donors (Lipinski definition) is 0. The summed E-state index contributed by atoms with van der Waals surface area (Å²) in [4.78, 5) is 12.3. The summed E-state index contributed by atoms with van der Waals surface area (Å²) >= 11 is 0. The number of benzene rings is 1. The Bertz CT molecular complexity index is 389. The molecule has 1 aliphatic rings. The van der Waals surface area contributed by atoms with Crippen molar-refractivity contribution in [2.24, 2.45) is 0 Å². The van der Waals surface area contributed by atoms with E-state index in [-0.39, 0.29) is 0 Å². The van der Waals surface area contributed by atoms with Crippen molar-refractivity contribution in [1.29, 1.82) is 0 Å². The molecule has 2 heteroatoms. The highest BCUT2D eigenvalue weighted by Crippen LogP contribution is 2.21. The Hall–Kier alpha value is -1.59. The third kappa shape index (κ3) is 2.45. The van der Waals surface area contributed by atoms with E-state index in [4.69, 9.17) is 0 Å². The molecule has 1 aromatic carbocycles. The quantitative estimate of drug-likeness (QED) is 0.532. The van der Waals surface area contributed by atoms with Gasteiger partial charge >= 0.3 is 0 Å². The van der Waals surface area contributed by atoms with Crippen LogP contribution >= 0.6 is 0 Å². The maximum atomic E-state index is 10.1. The number of carbonyl (C=O) groups is 1. The molecule has 0 N–H and O–H groups in total. The van der Waals surface area contributed by atoms with E-state index in [1.54, 1.807) is 0 Å². The summed E-state index contributed by atoms with van der Waals surface area (Å²) in [6.45, 7) is 2.71. The normalized spacial score (nSPS) is 14.1. The molecule has 0 aliphatic carbocycles. The van der Waals surface area contributed by atoms with Crippen LogP contribution in [-0.4, -0.2) is 17.7 Å². The van der Waals surface area contributed by atoms with Crippen molar-refractivity contribution >= 4 is 6.29 Å². The van der Waals surface area contributed by atoms with Gasteiger partial charge in [0, 0.05) is 13.1 Å². The standard InChI is InChI=1S/C13H13NO/c15-9-5-1-4-8-14-10-12-6-2-3-7-13(12)11-14/h2-3,6-7,9H,5,8,10-11H2. The minimum atomic E-state index is 0.348. The summed E-state index contributed by atoms with van der Waals surface area (Å²) in [5.74, 6) is 5.84. The molecule has 15 heavy (non-hydrogen) atoms. The molecular formula is C13H13NO. The van der Waals surface area contributed by atoms with Crippen LogP contribution in [0, 0.1) is 11.8 Å². The molecule has 0 saturated heterocycles. The molecule has 0 saturated carbocycles. The lowest BCUT2D eigenvalue weighted by molar-refractivity contribution is -0.107. The monoisotopic (exact) mass is 199 g/mol. The van der Waals surface area contributed by atoms with Crippen LogP contribution in [0.1, 0.15) is 17.5 Å². The van der Waals surface area contributed by atoms with Crippen molar-refractivity contribution in [2.45, 2.75) is 19.5 Å². The minimum Gasteiger partial charge on any atom is -0.302 e. The van der Waals surface area contributed by atoms with Gasteiger partial charge in [-0.2, -0.15) is 0 Å². The average Bonchev–Trinajstić information content (AvgIpc) is 2.67. The Morgan fingerprint density at radius 1 is 1.20 bits per heavy atom. The highest BCUT2D eigenvalue weighted by Gasteiger charge is 2.16. The van der Waals surface area contributed by atoms with Crippen molar-refractivity contribution in [3.63, 3.8) is 0 Å². The maximum Gasteiger partial charge on any atom is 0.131 e. The van der Waals surface area contributed by atoms with Gasteiger partial charge in [0.05, 0.1) is 13.0 Å². The van der Waals surface area contributed by atoms with Crippen molar-refractivity contribution in [3.8, 4) is 11.8 Å². The van der Waals surface area contributed by atoms with E-state index in [2.05, 4.69) is 41.0 Å². The Morgan fingerprint density at radius 3 is 2.47 bits per heavy atom. The first-order chi connectivity index (χ1) is 7.40. The van der Waals surface area contributed by atoms with Crippen LogP contribution in [0.4, 0.5) is 0 Å². The third-order valence-corrected chi connectivity index (χ3v) is 2.52. The number of hydrogen-bond acceptors (Lipinski definition) is 2. The van der Waals surface area contributed by atoms with Gasteiger partial charge in [-0.05, 0) is 11.1 Å². The lowest BCUT2D eigenvalue weighted by Gasteiger charge is -2.09. The number of rotatable bonds is 2. The van der Waals surface area contributed by atoms with Gasteiger partial charge in [-0.1, -0.05) is 36.1 Å². The molecule has 2 rings (SSSR count). The van der Waals surface area contributed by atoms with Gasteiger partial charge in [-0.3, -0.25) is 4.90 Å². The molecule has 0 bridgehead atoms. The lowest BCUT2D eigenvalue weighted by atomic mass is 10.1. The van der Waals surface area contributed by atoms with Gasteiger partial charge in [-0.25, -0.2) is 0 Å². The van der Waals surface area contributed by atoms with E-state index in [0.29, 0.717) is 6.42 Å². The first-order valence-electron chi connectivity index (χ1n) is 5.08. The predicted octanol–water partition coefficient (Wildman–Crippen LogP) is 1.59. The first-order valence-corrected chi connectivity index (χ1v) is 5.08. The molecular weight excluding hydrogens is 186 g/mol. The van der Waals surface area contributed by atoms with Gasteiger partial charge in [-0.15, -0.1) is 0 Å². The summed E-state index contributed by atoms with van der Waals surface area (Å²) in [5.41, 5.74) is 2.80. The summed E-state index contributed by atoms with van der Waals surface area (Å²) < 4.78 is 0. The number of fused-ring (bicyclic) bond motifs is 1. The van der Waals surface area contributed by atoms with Crippen LogP contribution in [0.2, 0.25) is 0 Å². The first kappa shape index (κ1) is 9.95. The van der Waals surface area contributed by atoms with Crippen molar-refractivity contribution in [3.05, 3.63) is 35.4 Å². The molecule has 0 aromatic heterocycles. The lowest BCUT2D eigenvalue weighted by Crippen LogP contribution is -2.16. The zero-order chi connectivity index (χ0) is 10.5. The fourth-order valence-electron chi connectivity index (χ4n) is 1.80. The molecule has 1 aromatic rings. The van der Waals surface area contributed by atoms with Gasteiger partial charge in [0.2, 0.25) is 0 Å². The van der Waals surface area contributed by atoms with E-state index >= 15 is 0 Å². The van der Waals surface area contributed by atoms with Gasteiger partial charge in [0.1, 0.15) is 6.29 Å². The number of nitrogens with zero attached hydrogens (tertiary/aromatic N) is 1. The molecule has 0 amide bonds. The Morgan fingerprint density at radius 2 is 1.87 bits per heavy atom. The van der Waals surface area contributed by atoms with Gasteiger partial charge in [0.25, 0.3) is 0 Å². The number of carbonyl (C=O) groups excluding carboxylic acids is 1. The molecule has 0 fully saturated rings. The molecule has 76 valence electrons. The second-order valence-electron chi connectivity index (χ2n) is 3.64. The maximum absolute atomic E-state index is 10.1. The van der Waals surface area contributed by atoms with Crippen LogP contribution in [0.5, 0.6) is 0 Å². The molecule has 2 nitrogen and oxygen atoms in total. The van der Waals surface area contributed by atoms with E-state index < -0.39 is 0 Å².